The van der Waals surface area contributed by atoms with Crippen LogP contribution in [-0.2, 0) is 19.4 Å². The molecule has 114 valence electrons. The zero-order valence-electron chi connectivity index (χ0n) is 11.9. The molecule has 2 aromatic heterocycles. The van der Waals surface area contributed by atoms with Gasteiger partial charge in [-0.2, -0.15) is 5.10 Å². The number of thiazole rings is 1. The average Bonchev–Trinajstić information content (AvgIpc) is 3.11. The molecule has 0 fully saturated rings. The number of carbonyl (C=O) groups excluding carboxylic acids is 2. The van der Waals surface area contributed by atoms with E-state index in [9.17, 15) is 9.59 Å². The summed E-state index contributed by atoms with van der Waals surface area (Å²) in [5.41, 5.74) is 3.14. The van der Waals surface area contributed by atoms with Gasteiger partial charge in [-0.15, -0.1) is 0 Å². The number of ketones is 1. The van der Waals surface area contributed by atoms with Crippen molar-refractivity contribution in [2.24, 2.45) is 0 Å². The normalized spacial score (nSPS) is 17.0. The first kappa shape index (κ1) is 13.6. The van der Waals surface area contributed by atoms with Crippen molar-refractivity contribution in [3.8, 4) is 0 Å². The highest BCUT2D eigenvalue weighted by atomic mass is 32.1. The van der Waals surface area contributed by atoms with Crippen molar-refractivity contribution in [2.75, 3.05) is 11.9 Å². The number of aryl methyl sites for hydroxylation is 1. The number of amides is 1. The SMILES string of the molecule is O=C(Nc1nc2c(s1)C(=O)CCC2)c1n[nH]c2c1CNCC2. The van der Waals surface area contributed by atoms with Gasteiger partial charge >= 0.3 is 0 Å². The van der Waals surface area contributed by atoms with Crippen LogP contribution in [0.2, 0.25) is 0 Å². The summed E-state index contributed by atoms with van der Waals surface area (Å²) in [6.07, 6.45) is 3.05. The number of nitrogens with zero attached hydrogens (tertiary/aromatic N) is 2. The Morgan fingerprint density at radius 3 is 3.05 bits per heavy atom. The smallest absolute Gasteiger partial charge is 0.278 e. The second-order valence-electron chi connectivity index (χ2n) is 5.48. The maximum Gasteiger partial charge on any atom is 0.278 e. The lowest BCUT2D eigenvalue weighted by molar-refractivity contribution is 0.0975. The molecule has 4 rings (SSSR count). The first-order valence-corrected chi connectivity index (χ1v) is 8.15. The minimum atomic E-state index is -0.278. The first-order chi connectivity index (χ1) is 10.7. The van der Waals surface area contributed by atoms with Crippen molar-refractivity contribution in [1.82, 2.24) is 20.5 Å². The molecule has 3 heterocycles. The molecule has 1 amide bonds. The first-order valence-electron chi connectivity index (χ1n) is 7.33. The lowest BCUT2D eigenvalue weighted by atomic mass is 10.0. The highest BCUT2D eigenvalue weighted by Crippen LogP contribution is 2.30. The van der Waals surface area contributed by atoms with Crippen LogP contribution in [0, 0.1) is 0 Å². The Kier molecular flexibility index (Phi) is 3.27. The molecule has 0 bridgehead atoms. The molecule has 22 heavy (non-hydrogen) atoms. The van der Waals surface area contributed by atoms with Gasteiger partial charge in [0, 0.05) is 37.2 Å². The van der Waals surface area contributed by atoms with E-state index in [4.69, 9.17) is 0 Å². The Labute approximate surface area is 130 Å². The molecule has 0 saturated carbocycles. The number of fused-ring (bicyclic) bond motifs is 2. The third-order valence-corrected chi connectivity index (χ3v) is 5.06. The second-order valence-corrected chi connectivity index (χ2v) is 6.48. The van der Waals surface area contributed by atoms with Crippen LogP contribution in [0.25, 0.3) is 0 Å². The third kappa shape index (κ3) is 2.24. The Hall–Kier alpha value is -2.06. The highest BCUT2D eigenvalue weighted by Gasteiger charge is 2.25. The number of hydrogen-bond acceptors (Lipinski definition) is 6. The van der Waals surface area contributed by atoms with Crippen LogP contribution in [0.1, 0.15) is 50.0 Å². The van der Waals surface area contributed by atoms with Gasteiger partial charge in [0.1, 0.15) is 0 Å². The summed E-state index contributed by atoms with van der Waals surface area (Å²) in [5, 5.41) is 13.5. The zero-order valence-corrected chi connectivity index (χ0v) is 12.7. The lowest BCUT2D eigenvalue weighted by Gasteiger charge is -2.12. The number of rotatable bonds is 2. The van der Waals surface area contributed by atoms with Gasteiger partial charge in [-0.1, -0.05) is 11.3 Å². The maximum atomic E-state index is 12.4. The molecule has 1 aliphatic heterocycles. The summed E-state index contributed by atoms with van der Waals surface area (Å²) in [7, 11) is 0. The quantitative estimate of drug-likeness (QED) is 0.775. The monoisotopic (exact) mass is 317 g/mol. The van der Waals surface area contributed by atoms with E-state index < -0.39 is 0 Å². The van der Waals surface area contributed by atoms with Crippen molar-refractivity contribution in [3.05, 3.63) is 27.5 Å². The molecule has 0 atom stereocenters. The van der Waals surface area contributed by atoms with Crippen LogP contribution in [0.5, 0.6) is 0 Å². The van der Waals surface area contributed by atoms with Crippen LogP contribution in [0.15, 0.2) is 0 Å². The summed E-state index contributed by atoms with van der Waals surface area (Å²) in [4.78, 5) is 29.3. The molecule has 2 aromatic rings. The predicted molar refractivity (Wildman–Crippen MR) is 81.3 cm³/mol. The van der Waals surface area contributed by atoms with E-state index in [-0.39, 0.29) is 11.7 Å². The summed E-state index contributed by atoms with van der Waals surface area (Å²) in [5.74, 6) is -0.152. The van der Waals surface area contributed by atoms with E-state index in [1.807, 2.05) is 0 Å². The topological polar surface area (TPSA) is 99.8 Å². The Morgan fingerprint density at radius 2 is 2.18 bits per heavy atom. The third-order valence-electron chi connectivity index (χ3n) is 4.01. The van der Waals surface area contributed by atoms with E-state index in [1.54, 1.807) is 0 Å². The van der Waals surface area contributed by atoms with Crippen LogP contribution in [0.3, 0.4) is 0 Å². The summed E-state index contributed by atoms with van der Waals surface area (Å²) >= 11 is 1.26. The van der Waals surface area contributed by atoms with Crippen molar-refractivity contribution in [2.45, 2.75) is 32.2 Å². The fraction of sp³-hybridized carbons (Fsp3) is 0.429. The molecular formula is C14H15N5O2S. The van der Waals surface area contributed by atoms with Crippen LogP contribution < -0.4 is 10.6 Å². The number of hydrogen-bond donors (Lipinski definition) is 3. The molecule has 0 aromatic carbocycles. The number of aromatic nitrogens is 3. The van der Waals surface area contributed by atoms with Gasteiger partial charge in [-0.25, -0.2) is 4.98 Å². The van der Waals surface area contributed by atoms with Gasteiger partial charge in [0.2, 0.25) is 0 Å². The molecule has 0 spiro atoms. The number of carbonyl (C=O) groups is 2. The molecule has 3 N–H and O–H groups in total. The van der Waals surface area contributed by atoms with Gasteiger partial charge in [0.25, 0.3) is 5.91 Å². The van der Waals surface area contributed by atoms with E-state index in [2.05, 4.69) is 25.8 Å². The number of anilines is 1. The molecule has 0 unspecified atom stereocenters. The molecule has 0 radical (unpaired) electrons. The summed E-state index contributed by atoms with van der Waals surface area (Å²) in [6.45, 7) is 1.53. The number of H-pyrrole nitrogens is 1. The molecule has 8 heteroatoms. The minimum Gasteiger partial charge on any atom is -0.312 e. The summed E-state index contributed by atoms with van der Waals surface area (Å²) < 4.78 is 0. The zero-order chi connectivity index (χ0) is 15.1. The van der Waals surface area contributed by atoms with E-state index in [0.717, 1.165) is 42.8 Å². The maximum absolute atomic E-state index is 12.4. The number of nitrogens with one attached hydrogen (secondary N) is 3. The van der Waals surface area contributed by atoms with Crippen LogP contribution in [-0.4, -0.2) is 33.4 Å². The molecule has 7 nitrogen and oxygen atoms in total. The Bertz CT molecular complexity index is 763. The Balaban J connectivity index is 1.57. The average molecular weight is 317 g/mol. The lowest BCUT2D eigenvalue weighted by Crippen LogP contribution is -2.25. The number of aromatic amines is 1. The van der Waals surface area contributed by atoms with E-state index in [1.165, 1.54) is 11.3 Å². The fourth-order valence-electron chi connectivity index (χ4n) is 2.89. The van der Waals surface area contributed by atoms with E-state index >= 15 is 0 Å². The summed E-state index contributed by atoms with van der Waals surface area (Å²) in [6, 6.07) is 0. The standard InChI is InChI=1S/C14H15N5O2S/c20-10-3-1-2-9-12(10)22-14(16-9)17-13(21)11-7-6-15-5-4-8(7)18-19-11/h15H,1-6H2,(H,18,19)(H,16,17,21). The number of Topliss-reactive ketones (excluding diaryl/α,β-unsaturated/α-hetero) is 1. The molecule has 2 aliphatic rings. The van der Waals surface area contributed by atoms with Crippen molar-refractivity contribution in [3.63, 3.8) is 0 Å². The van der Waals surface area contributed by atoms with Gasteiger partial charge < -0.3 is 5.32 Å². The largest absolute Gasteiger partial charge is 0.312 e. The van der Waals surface area contributed by atoms with Gasteiger partial charge in [0.05, 0.1) is 10.6 Å². The van der Waals surface area contributed by atoms with Crippen LogP contribution in [0.4, 0.5) is 5.13 Å². The van der Waals surface area contributed by atoms with Crippen molar-refractivity contribution >= 4 is 28.2 Å². The Morgan fingerprint density at radius 1 is 1.27 bits per heavy atom. The van der Waals surface area contributed by atoms with Crippen molar-refractivity contribution in [1.29, 1.82) is 0 Å². The van der Waals surface area contributed by atoms with E-state index in [0.29, 0.717) is 28.7 Å². The molecule has 1 aliphatic carbocycles. The molecule has 0 saturated heterocycles. The second kappa shape index (κ2) is 5.29. The molecular weight excluding hydrogens is 302 g/mol. The van der Waals surface area contributed by atoms with Gasteiger partial charge in [-0.05, 0) is 12.8 Å². The highest BCUT2D eigenvalue weighted by molar-refractivity contribution is 7.17. The predicted octanol–water partition coefficient (Wildman–Crippen LogP) is 1.28. The fourth-order valence-corrected chi connectivity index (χ4v) is 3.87. The van der Waals surface area contributed by atoms with Gasteiger partial charge in [-0.3, -0.25) is 20.0 Å². The van der Waals surface area contributed by atoms with Crippen molar-refractivity contribution < 1.29 is 9.59 Å². The minimum absolute atomic E-state index is 0.126. The van der Waals surface area contributed by atoms with Gasteiger partial charge in [0.15, 0.2) is 16.6 Å². The van der Waals surface area contributed by atoms with Crippen LogP contribution >= 0.6 is 11.3 Å².